The zero-order chi connectivity index (χ0) is 21.0. The Hall–Kier alpha value is -2.35. The zero-order valence-electron chi connectivity index (χ0n) is 15.8. The van der Waals surface area contributed by atoms with Gasteiger partial charge in [0.2, 0.25) is 5.91 Å². The molecule has 3 rings (SSSR count). The van der Waals surface area contributed by atoms with Gasteiger partial charge in [0.05, 0.1) is 12.2 Å². The Labute approximate surface area is 182 Å². The largest absolute Gasteiger partial charge is 0.326 e. The zero-order valence-corrected chi connectivity index (χ0v) is 18.1. The maximum absolute atomic E-state index is 12.3. The van der Waals surface area contributed by atoms with E-state index in [0.717, 1.165) is 5.56 Å². The van der Waals surface area contributed by atoms with Gasteiger partial charge < -0.3 is 9.88 Å². The van der Waals surface area contributed by atoms with Crippen LogP contribution in [0.5, 0.6) is 0 Å². The number of halogens is 2. The third kappa shape index (κ3) is 5.59. The van der Waals surface area contributed by atoms with Gasteiger partial charge in [-0.05, 0) is 48.9 Å². The molecule has 0 atom stereocenters. The van der Waals surface area contributed by atoms with Gasteiger partial charge in [-0.15, -0.1) is 10.2 Å². The molecule has 0 aliphatic rings. The summed E-state index contributed by atoms with van der Waals surface area (Å²) in [5.41, 5.74) is 2.14. The summed E-state index contributed by atoms with van der Waals surface area (Å²) in [6.45, 7) is 1.89. The second-order valence-corrected chi connectivity index (χ2v) is 8.15. The second kappa shape index (κ2) is 9.43. The third-order valence-electron chi connectivity index (χ3n) is 4.20. The first-order chi connectivity index (χ1) is 13.8. The van der Waals surface area contributed by atoms with Crippen LogP contribution in [0.4, 0.5) is 5.69 Å². The van der Waals surface area contributed by atoms with E-state index in [0.29, 0.717) is 32.3 Å². The number of carbonyl (C=O) groups excluding carboxylic acids is 2. The Bertz CT molecular complexity index is 1050. The van der Waals surface area contributed by atoms with Gasteiger partial charge in [0.1, 0.15) is 5.82 Å². The maximum atomic E-state index is 12.3. The Balaban J connectivity index is 1.58. The fourth-order valence-electron chi connectivity index (χ4n) is 2.49. The number of aromatic nitrogens is 3. The molecule has 9 heteroatoms. The number of benzene rings is 2. The summed E-state index contributed by atoms with van der Waals surface area (Å²) in [5, 5.41) is 12.7. The van der Waals surface area contributed by atoms with Gasteiger partial charge in [0.15, 0.2) is 10.9 Å². The highest BCUT2D eigenvalue weighted by atomic mass is 35.5. The molecule has 1 aromatic heterocycles. The van der Waals surface area contributed by atoms with Crippen molar-refractivity contribution in [2.24, 2.45) is 7.05 Å². The molecule has 0 saturated heterocycles. The maximum Gasteiger partial charge on any atom is 0.232 e. The van der Waals surface area contributed by atoms with Crippen LogP contribution in [0.15, 0.2) is 47.6 Å². The van der Waals surface area contributed by atoms with Crippen molar-refractivity contribution in [3.05, 3.63) is 69.5 Å². The lowest BCUT2D eigenvalue weighted by molar-refractivity contribution is -0.115. The molecule has 0 spiro atoms. The lowest BCUT2D eigenvalue weighted by Crippen LogP contribution is -2.17. The summed E-state index contributed by atoms with van der Waals surface area (Å²) < 4.78 is 1.71. The number of amides is 1. The fourth-order valence-corrected chi connectivity index (χ4v) is 3.62. The number of hydrogen-bond acceptors (Lipinski definition) is 5. The predicted molar refractivity (Wildman–Crippen MR) is 116 cm³/mol. The molecule has 0 aliphatic heterocycles. The van der Waals surface area contributed by atoms with Gasteiger partial charge in [-0.1, -0.05) is 41.0 Å². The van der Waals surface area contributed by atoms with Gasteiger partial charge in [-0.2, -0.15) is 0 Å². The van der Waals surface area contributed by atoms with E-state index < -0.39 is 0 Å². The molecule has 3 aromatic rings. The molecular weight excluding hydrogens is 431 g/mol. The molecule has 0 unspecified atom stereocenters. The summed E-state index contributed by atoms with van der Waals surface area (Å²) in [5.74, 6) is 0.448. The van der Waals surface area contributed by atoms with Crippen LogP contribution in [0.2, 0.25) is 10.0 Å². The predicted octanol–water partition coefficient (Wildman–Crippen LogP) is 4.59. The number of carbonyl (C=O) groups is 2. The monoisotopic (exact) mass is 448 g/mol. The fraction of sp³-hybridized carbons (Fsp3) is 0.200. The molecule has 0 fully saturated rings. The van der Waals surface area contributed by atoms with E-state index in [4.69, 9.17) is 23.2 Å². The average molecular weight is 449 g/mol. The number of Topliss-reactive ketones (excluding diaryl/α,β-unsaturated/α-hetero) is 1. The van der Waals surface area contributed by atoms with E-state index in [1.807, 2.05) is 13.0 Å². The molecule has 1 amide bonds. The van der Waals surface area contributed by atoms with E-state index in [1.54, 1.807) is 48.0 Å². The highest BCUT2D eigenvalue weighted by molar-refractivity contribution is 7.99. The van der Waals surface area contributed by atoms with Crippen LogP contribution in [-0.4, -0.2) is 32.2 Å². The summed E-state index contributed by atoms with van der Waals surface area (Å²) in [4.78, 5) is 24.6. The van der Waals surface area contributed by atoms with Gasteiger partial charge in [-0.3, -0.25) is 9.59 Å². The Morgan fingerprint density at radius 2 is 1.83 bits per heavy atom. The number of hydrogen-bond donors (Lipinski definition) is 1. The summed E-state index contributed by atoms with van der Waals surface area (Å²) in [7, 11) is 1.76. The smallest absolute Gasteiger partial charge is 0.232 e. The quantitative estimate of drug-likeness (QED) is 0.422. The van der Waals surface area contributed by atoms with Crippen LogP contribution >= 0.6 is 35.0 Å². The van der Waals surface area contributed by atoms with Crippen molar-refractivity contribution in [1.82, 2.24) is 14.8 Å². The number of nitrogens with zero attached hydrogens (tertiary/aromatic N) is 3. The molecule has 6 nitrogen and oxygen atoms in total. The highest BCUT2D eigenvalue weighted by Crippen LogP contribution is 2.21. The minimum absolute atomic E-state index is 0.0368. The highest BCUT2D eigenvalue weighted by Gasteiger charge is 2.15. The van der Waals surface area contributed by atoms with Crippen LogP contribution in [0.1, 0.15) is 21.7 Å². The number of ketones is 1. The molecule has 2 aromatic carbocycles. The minimum Gasteiger partial charge on any atom is -0.326 e. The lowest BCUT2D eigenvalue weighted by Gasteiger charge is -2.07. The molecule has 1 heterocycles. The number of thioether (sulfide) groups is 1. The van der Waals surface area contributed by atoms with Crippen LogP contribution < -0.4 is 5.32 Å². The Morgan fingerprint density at radius 1 is 1.10 bits per heavy atom. The number of rotatable bonds is 7. The first-order valence-corrected chi connectivity index (χ1v) is 10.4. The molecule has 0 bridgehead atoms. The molecule has 150 valence electrons. The van der Waals surface area contributed by atoms with E-state index in [9.17, 15) is 9.59 Å². The van der Waals surface area contributed by atoms with Gasteiger partial charge in [0.25, 0.3) is 0 Å². The van der Waals surface area contributed by atoms with Crippen molar-refractivity contribution in [2.45, 2.75) is 18.5 Å². The van der Waals surface area contributed by atoms with E-state index in [-0.39, 0.29) is 23.9 Å². The number of aryl methyl sites for hydroxylation is 1. The van der Waals surface area contributed by atoms with Gasteiger partial charge in [0, 0.05) is 28.3 Å². The third-order valence-corrected chi connectivity index (χ3v) is 5.88. The number of anilines is 1. The molecule has 29 heavy (non-hydrogen) atoms. The van der Waals surface area contributed by atoms with Gasteiger partial charge >= 0.3 is 0 Å². The van der Waals surface area contributed by atoms with Crippen molar-refractivity contribution in [2.75, 3.05) is 11.1 Å². The van der Waals surface area contributed by atoms with Crippen molar-refractivity contribution in [1.29, 1.82) is 0 Å². The van der Waals surface area contributed by atoms with E-state index in [1.165, 1.54) is 11.8 Å². The lowest BCUT2D eigenvalue weighted by atomic mass is 10.1. The molecule has 0 aliphatic carbocycles. The van der Waals surface area contributed by atoms with Crippen LogP contribution in [-0.2, 0) is 18.3 Å². The van der Waals surface area contributed by atoms with Crippen molar-refractivity contribution >= 4 is 52.3 Å². The summed E-state index contributed by atoms with van der Waals surface area (Å²) >= 11 is 13.2. The first kappa shape index (κ1) is 21.4. The van der Waals surface area contributed by atoms with Crippen molar-refractivity contribution in [3.63, 3.8) is 0 Å². The first-order valence-electron chi connectivity index (χ1n) is 8.69. The van der Waals surface area contributed by atoms with Crippen LogP contribution in [0, 0.1) is 6.92 Å². The molecule has 0 radical (unpaired) electrons. The standard InChI is InChI=1S/C20H18Cl2N4O2S/c1-12-3-8-15(9-16(12)22)23-19(28)10-18-24-25-20(26(18)2)29-11-17(27)13-4-6-14(21)7-5-13/h3-9H,10-11H2,1-2H3,(H,23,28). The van der Waals surface area contributed by atoms with E-state index >= 15 is 0 Å². The Morgan fingerprint density at radius 3 is 2.52 bits per heavy atom. The van der Waals surface area contributed by atoms with Crippen molar-refractivity contribution in [3.8, 4) is 0 Å². The van der Waals surface area contributed by atoms with Gasteiger partial charge in [-0.25, -0.2) is 0 Å². The minimum atomic E-state index is -0.228. The average Bonchev–Trinajstić information content (AvgIpc) is 3.03. The second-order valence-electron chi connectivity index (χ2n) is 6.37. The summed E-state index contributed by atoms with van der Waals surface area (Å²) in [6, 6.07) is 12.1. The van der Waals surface area contributed by atoms with E-state index in [2.05, 4.69) is 15.5 Å². The number of nitrogens with one attached hydrogen (secondary N) is 1. The summed E-state index contributed by atoms with van der Waals surface area (Å²) in [6.07, 6.45) is 0.0562. The molecule has 1 N–H and O–H groups in total. The topological polar surface area (TPSA) is 76.9 Å². The normalized spacial score (nSPS) is 10.8. The van der Waals surface area contributed by atoms with Crippen molar-refractivity contribution < 1.29 is 9.59 Å². The SMILES string of the molecule is Cc1ccc(NC(=O)Cc2nnc(SCC(=O)c3ccc(Cl)cc3)n2C)cc1Cl. The molecule has 0 saturated carbocycles. The van der Waals surface area contributed by atoms with Crippen LogP contribution in [0.25, 0.3) is 0 Å². The van der Waals surface area contributed by atoms with Crippen LogP contribution in [0.3, 0.4) is 0 Å². The Kier molecular flexibility index (Phi) is 6.95. The molecular formula is C20H18Cl2N4O2S.